The maximum absolute atomic E-state index is 12.5. The molecule has 9 heteroatoms. The summed E-state index contributed by atoms with van der Waals surface area (Å²) in [4.78, 5) is 27.9. The molecule has 2 aromatic heterocycles. The summed E-state index contributed by atoms with van der Waals surface area (Å²) in [6, 6.07) is 0.205. The summed E-state index contributed by atoms with van der Waals surface area (Å²) in [5.41, 5.74) is 6.46. The quantitative estimate of drug-likeness (QED) is 0.611. The minimum atomic E-state index is -0.427. The zero-order valence-corrected chi connectivity index (χ0v) is 19.6. The van der Waals surface area contributed by atoms with E-state index >= 15 is 0 Å². The van der Waals surface area contributed by atoms with E-state index in [1.807, 2.05) is 6.92 Å². The first kappa shape index (κ1) is 24.0. The van der Waals surface area contributed by atoms with Crippen LogP contribution < -0.4 is 16.2 Å². The maximum atomic E-state index is 12.5. The van der Waals surface area contributed by atoms with Crippen LogP contribution in [0.15, 0.2) is 12.4 Å². The molecule has 3 N–H and O–H groups in total. The lowest BCUT2D eigenvalue weighted by Gasteiger charge is -2.28. The zero-order chi connectivity index (χ0) is 23.1. The topological polar surface area (TPSA) is 110 Å². The molecule has 0 unspecified atom stereocenters. The van der Waals surface area contributed by atoms with Crippen LogP contribution in [0.4, 0.5) is 5.69 Å². The molecule has 9 nitrogen and oxygen atoms in total. The highest BCUT2D eigenvalue weighted by Gasteiger charge is 2.22. The molecule has 32 heavy (non-hydrogen) atoms. The van der Waals surface area contributed by atoms with E-state index in [1.54, 1.807) is 10.9 Å². The van der Waals surface area contributed by atoms with E-state index in [0.29, 0.717) is 36.7 Å². The molecule has 0 aromatic carbocycles. The molecule has 176 valence electrons. The van der Waals surface area contributed by atoms with Gasteiger partial charge in [-0.1, -0.05) is 33.1 Å². The van der Waals surface area contributed by atoms with Gasteiger partial charge in [-0.05, 0) is 31.6 Å². The minimum absolute atomic E-state index is 0.205. The van der Waals surface area contributed by atoms with Gasteiger partial charge in [0.25, 0.3) is 5.91 Å². The molecule has 1 saturated carbocycles. The number of hydrazine groups is 1. The van der Waals surface area contributed by atoms with Crippen molar-refractivity contribution >= 4 is 28.5 Å². The normalized spacial score (nSPS) is 16.8. The number of rotatable bonds is 5. The number of ether oxygens (including phenoxy) is 1. The molecule has 2 amide bonds. The molecule has 1 aliphatic heterocycles. The third kappa shape index (κ3) is 5.97. The Balaban J connectivity index is 0.000000352. The molecule has 0 bridgehead atoms. The van der Waals surface area contributed by atoms with Gasteiger partial charge in [-0.25, -0.2) is 9.67 Å². The second-order valence-electron chi connectivity index (χ2n) is 8.85. The number of aromatic nitrogens is 3. The van der Waals surface area contributed by atoms with Crippen LogP contribution in [0, 0.1) is 11.8 Å². The van der Waals surface area contributed by atoms with Gasteiger partial charge in [0.05, 0.1) is 22.8 Å². The zero-order valence-electron chi connectivity index (χ0n) is 19.6. The van der Waals surface area contributed by atoms with Crippen molar-refractivity contribution in [2.75, 3.05) is 18.5 Å². The van der Waals surface area contributed by atoms with Gasteiger partial charge >= 0.3 is 0 Å². The molecule has 1 aliphatic carbocycles. The summed E-state index contributed by atoms with van der Waals surface area (Å²) in [7, 11) is 0. The molecular formula is C23H36N6O3. The van der Waals surface area contributed by atoms with Crippen molar-refractivity contribution in [1.82, 2.24) is 25.6 Å². The molecule has 1 saturated heterocycles. The first-order chi connectivity index (χ1) is 15.4. The number of pyridine rings is 1. The van der Waals surface area contributed by atoms with E-state index in [4.69, 9.17) is 4.74 Å². The van der Waals surface area contributed by atoms with Gasteiger partial charge in [0.1, 0.15) is 0 Å². The highest BCUT2D eigenvalue weighted by Crippen LogP contribution is 2.32. The molecule has 0 atom stereocenters. The molecular weight excluding hydrogens is 408 g/mol. The predicted octanol–water partition coefficient (Wildman–Crippen LogP) is 3.27. The third-order valence-corrected chi connectivity index (χ3v) is 6.22. The van der Waals surface area contributed by atoms with Crippen LogP contribution in [0.25, 0.3) is 11.0 Å². The predicted molar refractivity (Wildman–Crippen MR) is 124 cm³/mol. The Kier molecular flexibility index (Phi) is 8.44. The minimum Gasteiger partial charge on any atom is -0.381 e. The van der Waals surface area contributed by atoms with E-state index in [0.717, 1.165) is 30.1 Å². The van der Waals surface area contributed by atoms with Crippen molar-refractivity contribution in [3.8, 4) is 0 Å². The fourth-order valence-electron chi connectivity index (χ4n) is 3.95. The van der Waals surface area contributed by atoms with Crippen molar-refractivity contribution in [3.05, 3.63) is 18.0 Å². The average molecular weight is 445 g/mol. The average Bonchev–Trinajstić information content (AvgIpc) is 3.15. The van der Waals surface area contributed by atoms with Crippen LogP contribution in [0.1, 0.15) is 70.2 Å². The Labute approximate surface area is 189 Å². The number of nitrogens with zero attached hydrogens (tertiary/aromatic N) is 3. The fraction of sp³-hybridized carbons (Fsp3) is 0.652. The van der Waals surface area contributed by atoms with Crippen LogP contribution >= 0.6 is 0 Å². The number of hydrogen-bond donors (Lipinski definition) is 3. The summed E-state index contributed by atoms with van der Waals surface area (Å²) < 4.78 is 7.17. The maximum Gasteiger partial charge on any atom is 0.273 e. The van der Waals surface area contributed by atoms with Gasteiger partial charge in [0, 0.05) is 38.9 Å². The number of amides is 2. The lowest BCUT2D eigenvalue weighted by molar-refractivity contribution is -0.119. The highest BCUT2D eigenvalue weighted by atomic mass is 16.5. The summed E-state index contributed by atoms with van der Waals surface area (Å²) >= 11 is 0. The summed E-state index contributed by atoms with van der Waals surface area (Å²) in [6.45, 7) is 10.0. The van der Waals surface area contributed by atoms with Crippen LogP contribution in [-0.4, -0.2) is 45.8 Å². The standard InChI is InChI=1S/C16H22N6O3.C7H14/c1-3-22-15-12(9-18-22)14(19-11-4-6-25-7-5-11)13(8-17-15)16(24)21-20-10(2)23;1-6(2)7-4-3-5-7/h8-9,11H,3-7H2,1-2H3,(H,17,19)(H,20,23)(H,21,24);6-7H,3-5H2,1-2H3. The Morgan fingerprint density at radius 2 is 1.88 bits per heavy atom. The van der Waals surface area contributed by atoms with Gasteiger partial charge < -0.3 is 10.1 Å². The molecule has 2 aromatic rings. The second-order valence-corrected chi connectivity index (χ2v) is 8.85. The van der Waals surface area contributed by atoms with Crippen LogP contribution in [0.2, 0.25) is 0 Å². The van der Waals surface area contributed by atoms with E-state index in [9.17, 15) is 9.59 Å². The van der Waals surface area contributed by atoms with Crippen LogP contribution in [0.3, 0.4) is 0 Å². The SMILES string of the molecule is CC(C)C1CCC1.CCn1ncc2c(NC3CCOCC3)c(C(=O)NNC(C)=O)cnc21. The van der Waals surface area contributed by atoms with Crippen molar-refractivity contribution < 1.29 is 14.3 Å². The van der Waals surface area contributed by atoms with E-state index in [2.05, 4.69) is 40.1 Å². The number of carbonyl (C=O) groups is 2. The van der Waals surface area contributed by atoms with Crippen LogP contribution in [0.5, 0.6) is 0 Å². The molecule has 0 spiro atoms. The molecule has 2 fully saturated rings. The first-order valence-corrected chi connectivity index (χ1v) is 11.7. The Morgan fingerprint density at radius 1 is 1.16 bits per heavy atom. The van der Waals surface area contributed by atoms with Crippen molar-refractivity contribution in [1.29, 1.82) is 0 Å². The van der Waals surface area contributed by atoms with Gasteiger partial charge in [-0.3, -0.25) is 20.4 Å². The van der Waals surface area contributed by atoms with Crippen LogP contribution in [-0.2, 0) is 16.1 Å². The number of aryl methyl sites for hydroxylation is 1. The Morgan fingerprint density at radius 3 is 2.41 bits per heavy atom. The van der Waals surface area contributed by atoms with E-state index in [-0.39, 0.29) is 11.9 Å². The molecule has 4 rings (SSSR count). The summed E-state index contributed by atoms with van der Waals surface area (Å²) in [5, 5.41) is 8.56. The number of fused-ring (bicyclic) bond motifs is 1. The Bertz CT molecular complexity index is 916. The third-order valence-electron chi connectivity index (χ3n) is 6.22. The first-order valence-electron chi connectivity index (χ1n) is 11.7. The van der Waals surface area contributed by atoms with Gasteiger partial charge in [-0.15, -0.1) is 0 Å². The number of anilines is 1. The van der Waals surface area contributed by atoms with E-state index < -0.39 is 5.91 Å². The Hall–Kier alpha value is -2.68. The number of carbonyl (C=O) groups excluding carboxylic acids is 2. The van der Waals surface area contributed by atoms with Crippen molar-refractivity contribution in [2.45, 2.75) is 72.4 Å². The van der Waals surface area contributed by atoms with Gasteiger partial charge in [0.2, 0.25) is 5.91 Å². The number of nitrogens with one attached hydrogen (secondary N) is 3. The smallest absolute Gasteiger partial charge is 0.273 e. The largest absolute Gasteiger partial charge is 0.381 e. The lowest BCUT2D eigenvalue weighted by Crippen LogP contribution is -2.41. The fourth-order valence-corrected chi connectivity index (χ4v) is 3.95. The van der Waals surface area contributed by atoms with E-state index in [1.165, 1.54) is 32.4 Å². The molecule has 0 radical (unpaired) electrons. The molecule has 3 heterocycles. The lowest BCUT2D eigenvalue weighted by atomic mass is 9.78. The second kappa shape index (κ2) is 11.3. The van der Waals surface area contributed by atoms with Crippen molar-refractivity contribution in [2.24, 2.45) is 11.8 Å². The summed E-state index contributed by atoms with van der Waals surface area (Å²) in [6.07, 6.45) is 9.42. The monoisotopic (exact) mass is 444 g/mol. The number of hydrogen-bond acceptors (Lipinski definition) is 6. The van der Waals surface area contributed by atoms with Gasteiger partial charge in [0.15, 0.2) is 5.65 Å². The van der Waals surface area contributed by atoms with Crippen molar-refractivity contribution in [3.63, 3.8) is 0 Å². The molecule has 2 aliphatic rings. The van der Waals surface area contributed by atoms with Gasteiger partial charge in [-0.2, -0.15) is 5.10 Å². The highest BCUT2D eigenvalue weighted by molar-refractivity contribution is 6.06. The summed E-state index contributed by atoms with van der Waals surface area (Å²) in [5.74, 6) is 1.26.